The zero-order valence-electron chi connectivity index (χ0n) is 13.0. The van der Waals surface area contributed by atoms with Gasteiger partial charge in [-0.3, -0.25) is 4.79 Å². The molecule has 24 heavy (non-hydrogen) atoms. The smallest absolute Gasteiger partial charge is 0.225 e. The van der Waals surface area contributed by atoms with Gasteiger partial charge in [-0.15, -0.1) is 0 Å². The second kappa shape index (κ2) is 5.88. The Morgan fingerprint density at radius 1 is 1.33 bits per heavy atom. The molecule has 4 rings (SSSR count). The summed E-state index contributed by atoms with van der Waals surface area (Å²) in [7, 11) is 0. The molecule has 3 aromatic rings. The average molecular weight is 336 g/mol. The number of hydrogen-bond acceptors (Lipinski definition) is 4. The quantitative estimate of drug-likeness (QED) is 0.793. The highest BCUT2D eigenvalue weighted by Crippen LogP contribution is 2.31. The van der Waals surface area contributed by atoms with Gasteiger partial charge in [-0.2, -0.15) is 17.0 Å². The lowest BCUT2D eigenvalue weighted by atomic mass is 9.99. The Labute approximate surface area is 143 Å². The molecule has 0 aliphatic carbocycles. The second-order valence-corrected chi connectivity index (χ2v) is 7.25. The first-order valence-electron chi connectivity index (χ1n) is 7.89. The number of furan rings is 1. The van der Waals surface area contributed by atoms with Crippen LogP contribution in [-0.2, 0) is 11.2 Å². The Balaban J connectivity index is 1.66. The van der Waals surface area contributed by atoms with Crippen molar-refractivity contribution in [3.05, 3.63) is 48.2 Å². The van der Waals surface area contributed by atoms with Crippen molar-refractivity contribution in [1.29, 1.82) is 5.26 Å². The van der Waals surface area contributed by atoms with Gasteiger partial charge >= 0.3 is 0 Å². The lowest BCUT2D eigenvalue weighted by Crippen LogP contribution is -2.48. The topological polar surface area (TPSA) is 66.0 Å². The molecule has 0 radical (unpaired) electrons. The van der Waals surface area contributed by atoms with Crippen LogP contribution in [0.3, 0.4) is 0 Å². The number of nitriles is 1. The number of fused-ring (bicyclic) bond motifs is 3. The number of benzene rings is 2. The van der Waals surface area contributed by atoms with E-state index in [2.05, 4.69) is 11.4 Å². The van der Waals surface area contributed by atoms with E-state index in [-0.39, 0.29) is 12.3 Å². The van der Waals surface area contributed by atoms with Gasteiger partial charge in [-0.25, -0.2) is 0 Å². The molecule has 1 aromatic heterocycles. The molecule has 2 aromatic carbocycles. The number of thioether (sulfide) groups is 1. The Bertz CT molecular complexity index is 964. The van der Waals surface area contributed by atoms with Crippen molar-refractivity contribution < 1.29 is 9.21 Å². The molecule has 1 fully saturated rings. The van der Waals surface area contributed by atoms with Crippen molar-refractivity contribution >= 4 is 39.4 Å². The van der Waals surface area contributed by atoms with Crippen LogP contribution in [0.2, 0.25) is 0 Å². The van der Waals surface area contributed by atoms with Crippen molar-refractivity contribution in [3.63, 3.8) is 0 Å². The van der Waals surface area contributed by atoms with Gasteiger partial charge in [0, 0.05) is 16.7 Å². The highest BCUT2D eigenvalue weighted by molar-refractivity contribution is 7.99. The van der Waals surface area contributed by atoms with E-state index in [4.69, 9.17) is 4.42 Å². The standard InChI is InChI=1S/C19H16N2O2S/c20-11-19(7-8-24-12-19)21-17(22)9-14-10-23-16-6-5-13-3-1-2-4-15(13)18(14)16/h1-6,10H,7-9,12H2,(H,21,22). The fourth-order valence-electron chi connectivity index (χ4n) is 3.27. The zero-order valence-corrected chi connectivity index (χ0v) is 13.9. The van der Waals surface area contributed by atoms with E-state index in [0.717, 1.165) is 33.1 Å². The van der Waals surface area contributed by atoms with Crippen LogP contribution < -0.4 is 5.32 Å². The van der Waals surface area contributed by atoms with Crippen molar-refractivity contribution in [2.24, 2.45) is 0 Å². The largest absolute Gasteiger partial charge is 0.464 e. The van der Waals surface area contributed by atoms with Gasteiger partial charge in [0.05, 0.1) is 18.8 Å². The third-order valence-electron chi connectivity index (χ3n) is 4.51. The van der Waals surface area contributed by atoms with Crippen molar-refractivity contribution in [1.82, 2.24) is 5.32 Å². The summed E-state index contributed by atoms with van der Waals surface area (Å²) in [5, 5.41) is 15.5. The minimum Gasteiger partial charge on any atom is -0.464 e. The van der Waals surface area contributed by atoms with Gasteiger partial charge in [-0.05, 0) is 29.0 Å². The number of carbonyl (C=O) groups is 1. The molecule has 2 heterocycles. The summed E-state index contributed by atoms with van der Waals surface area (Å²) in [6.07, 6.45) is 2.57. The summed E-state index contributed by atoms with van der Waals surface area (Å²) in [5.74, 6) is 1.44. The first-order valence-corrected chi connectivity index (χ1v) is 9.04. The van der Waals surface area contributed by atoms with Crippen LogP contribution in [-0.4, -0.2) is 23.0 Å². The molecule has 5 heteroatoms. The molecule has 1 aliphatic rings. The molecular weight excluding hydrogens is 320 g/mol. The van der Waals surface area contributed by atoms with E-state index in [1.165, 1.54) is 0 Å². The number of hydrogen-bond donors (Lipinski definition) is 1. The van der Waals surface area contributed by atoms with Gasteiger partial charge in [0.2, 0.25) is 5.91 Å². The lowest BCUT2D eigenvalue weighted by molar-refractivity contribution is -0.121. The summed E-state index contributed by atoms with van der Waals surface area (Å²) in [6, 6.07) is 14.3. The van der Waals surface area contributed by atoms with Gasteiger partial charge < -0.3 is 9.73 Å². The fourth-order valence-corrected chi connectivity index (χ4v) is 4.53. The molecule has 120 valence electrons. The van der Waals surface area contributed by atoms with Crippen molar-refractivity contribution in [2.45, 2.75) is 18.4 Å². The molecule has 0 spiro atoms. The first kappa shape index (κ1) is 15.1. The number of nitrogens with one attached hydrogen (secondary N) is 1. The van der Waals surface area contributed by atoms with Crippen LogP contribution in [0.5, 0.6) is 0 Å². The molecule has 1 N–H and O–H groups in total. The highest BCUT2D eigenvalue weighted by atomic mass is 32.2. The van der Waals surface area contributed by atoms with Crippen molar-refractivity contribution in [2.75, 3.05) is 11.5 Å². The summed E-state index contributed by atoms with van der Waals surface area (Å²) in [5.41, 5.74) is 0.921. The Kier molecular flexibility index (Phi) is 3.70. The lowest BCUT2D eigenvalue weighted by Gasteiger charge is -2.21. The van der Waals surface area contributed by atoms with Crippen LogP contribution in [0.1, 0.15) is 12.0 Å². The van der Waals surface area contributed by atoms with Gasteiger partial charge in [0.15, 0.2) is 0 Å². The molecule has 1 unspecified atom stereocenters. The van der Waals surface area contributed by atoms with Crippen LogP contribution in [0.4, 0.5) is 0 Å². The fraction of sp³-hybridized carbons (Fsp3) is 0.263. The maximum absolute atomic E-state index is 12.5. The Morgan fingerprint density at radius 2 is 2.21 bits per heavy atom. The van der Waals surface area contributed by atoms with E-state index >= 15 is 0 Å². The molecule has 4 nitrogen and oxygen atoms in total. The van der Waals surface area contributed by atoms with Crippen LogP contribution in [0.15, 0.2) is 47.1 Å². The van der Waals surface area contributed by atoms with E-state index < -0.39 is 5.54 Å². The monoisotopic (exact) mass is 336 g/mol. The minimum absolute atomic E-state index is 0.130. The Morgan fingerprint density at radius 3 is 3.00 bits per heavy atom. The first-order chi connectivity index (χ1) is 11.7. The van der Waals surface area contributed by atoms with Crippen molar-refractivity contribution in [3.8, 4) is 6.07 Å². The number of rotatable bonds is 3. The van der Waals surface area contributed by atoms with Crippen LogP contribution >= 0.6 is 11.8 Å². The predicted molar refractivity (Wildman–Crippen MR) is 95.9 cm³/mol. The number of nitrogens with zero attached hydrogens (tertiary/aromatic N) is 1. The second-order valence-electron chi connectivity index (χ2n) is 6.14. The normalized spacial score (nSPS) is 20.3. The number of amides is 1. The number of carbonyl (C=O) groups excluding carboxylic acids is 1. The molecule has 1 amide bonds. The van der Waals surface area contributed by atoms with Crippen LogP contribution in [0.25, 0.3) is 21.7 Å². The molecule has 1 saturated heterocycles. The summed E-state index contributed by atoms with van der Waals surface area (Å²) in [4.78, 5) is 12.5. The van der Waals surface area contributed by atoms with E-state index in [1.807, 2.05) is 36.4 Å². The minimum atomic E-state index is -0.719. The maximum atomic E-state index is 12.5. The average Bonchev–Trinajstić information content (AvgIpc) is 3.23. The third kappa shape index (κ3) is 2.53. The zero-order chi connectivity index (χ0) is 16.6. The van der Waals surface area contributed by atoms with E-state index in [9.17, 15) is 10.1 Å². The molecule has 0 saturated carbocycles. The SMILES string of the molecule is N#CC1(NC(=O)Cc2coc3ccc4ccccc4c23)CCSC1. The Hall–Kier alpha value is -2.45. The van der Waals surface area contributed by atoms with E-state index in [1.54, 1.807) is 18.0 Å². The predicted octanol–water partition coefficient (Wildman–Crippen LogP) is 3.64. The van der Waals surface area contributed by atoms with Gasteiger partial charge in [0.1, 0.15) is 11.1 Å². The third-order valence-corrected chi connectivity index (χ3v) is 5.70. The maximum Gasteiger partial charge on any atom is 0.225 e. The molecule has 0 bridgehead atoms. The van der Waals surface area contributed by atoms with Gasteiger partial charge in [-0.1, -0.05) is 30.3 Å². The molecule has 1 atom stereocenters. The summed E-state index contributed by atoms with van der Waals surface area (Å²) >= 11 is 1.70. The molecule has 1 aliphatic heterocycles. The summed E-state index contributed by atoms with van der Waals surface area (Å²) in [6.45, 7) is 0. The molecular formula is C19H16N2O2S. The van der Waals surface area contributed by atoms with Gasteiger partial charge in [0.25, 0.3) is 0 Å². The van der Waals surface area contributed by atoms with E-state index in [0.29, 0.717) is 12.2 Å². The van der Waals surface area contributed by atoms with Crippen LogP contribution in [0, 0.1) is 11.3 Å². The highest BCUT2D eigenvalue weighted by Gasteiger charge is 2.36. The summed E-state index contributed by atoms with van der Waals surface area (Å²) < 4.78 is 5.63.